The molecule has 0 unspecified atom stereocenters. The van der Waals surface area contributed by atoms with Crippen molar-refractivity contribution >= 4 is 22.4 Å². The van der Waals surface area contributed by atoms with E-state index in [0.717, 1.165) is 30.9 Å². The van der Waals surface area contributed by atoms with E-state index in [0.29, 0.717) is 0 Å². The molecule has 3 aromatic rings. The summed E-state index contributed by atoms with van der Waals surface area (Å²) in [5.41, 5.74) is 7.72. The van der Waals surface area contributed by atoms with Gasteiger partial charge in [-0.2, -0.15) is 11.3 Å². The average Bonchev–Trinajstić information content (AvgIpc) is 3.07. The van der Waals surface area contributed by atoms with Gasteiger partial charge in [0.2, 0.25) is 0 Å². The number of nitrogens with zero attached hydrogens (tertiary/aromatic N) is 2. The van der Waals surface area contributed by atoms with E-state index in [1.807, 2.05) is 0 Å². The molecule has 0 radical (unpaired) electrons. The van der Waals surface area contributed by atoms with Crippen molar-refractivity contribution < 1.29 is 0 Å². The Balaban J connectivity index is 2.13. The van der Waals surface area contributed by atoms with Crippen molar-refractivity contribution in [2.24, 2.45) is 7.05 Å². The molecule has 0 aliphatic carbocycles. The van der Waals surface area contributed by atoms with Crippen LogP contribution in [0.5, 0.6) is 0 Å². The van der Waals surface area contributed by atoms with E-state index in [-0.39, 0.29) is 0 Å². The number of nitrogens with one attached hydrogen (secondary N) is 1. The molecule has 1 aliphatic heterocycles. The SMILES string of the molecule is Cc1cc(-c2ccsc2)c2c3c(n(C)c2n1)CCNC3. The average molecular weight is 283 g/mol. The van der Waals surface area contributed by atoms with E-state index >= 15 is 0 Å². The summed E-state index contributed by atoms with van der Waals surface area (Å²) in [5, 5.41) is 9.20. The Morgan fingerprint density at radius 3 is 3.10 bits per heavy atom. The summed E-state index contributed by atoms with van der Waals surface area (Å²) in [4.78, 5) is 4.79. The van der Waals surface area contributed by atoms with Gasteiger partial charge in [-0.05, 0) is 46.5 Å². The van der Waals surface area contributed by atoms with Crippen LogP contribution in [0.3, 0.4) is 0 Å². The molecule has 0 bridgehead atoms. The Bertz CT molecular complexity index is 784. The number of aromatic nitrogens is 2. The van der Waals surface area contributed by atoms with Crippen LogP contribution in [0.2, 0.25) is 0 Å². The summed E-state index contributed by atoms with van der Waals surface area (Å²) in [6, 6.07) is 4.42. The van der Waals surface area contributed by atoms with Crippen molar-refractivity contribution in [2.45, 2.75) is 19.9 Å². The fourth-order valence-corrected chi connectivity index (χ4v) is 3.90. The van der Waals surface area contributed by atoms with E-state index in [9.17, 15) is 0 Å². The summed E-state index contributed by atoms with van der Waals surface area (Å²) in [6.07, 6.45) is 1.09. The van der Waals surface area contributed by atoms with Crippen LogP contribution in [0, 0.1) is 6.92 Å². The quantitative estimate of drug-likeness (QED) is 0.743. The van der Waals surface area contributed by atoms with E-state index in [1.54, 1.807) is 11.3 Å². The lowest BCUT2D eigenvalue weighted by atomic mass is 9.99. The third kappa shape index (κ3) is 1.65. The van der Waals surface area contributed by atoms with Gasteiger partial charge in [-0.15, -0.1) is 0 Å². The van der Waals surface area contributed by atoms with Crippen LogP contribution < -0.4 is 5.32 Å². The molecule has 102 valence electrons. The standard InChI is InChI=1S/C16H17N3S/c1-10-7-12(11-4-6-20-9-11)15-13-8-17-5-3-14(13)19(2)16(15)18-10/h4,6-7,9,17H,3,5,8H2,1-2H3. The number of hydrogen-bond donors (Lipinski definition) is 1. The number of hydrogen-bond acceptors (Lipinski definition) is 3. The molecular weight excluding hydrogens is 266 g/mol. The highest BCUT2D eigenvalue weighted by Gasteiger charge is 2.22. The van der Waals surface area contributed by atoms with Gasteiger partial charge < -0.3 is 9.88 Å². The molecule has 4 heterocycles. The molecule has 1 aliphatic rings. The minimum atomic E-state index is 0.953. The van der Waals surface area contributed by atoms with Crippen molar-refractivity contribution in [1.82, 2.24) is 14.9 Å². The molecule has 3 aromatic heterocycles. The number of thiophene rings is 1. The zero-order chi connectivity index (χ0) is 13.7. The normalized spacial score (nSPS) is 14.7. The minimum absolute atomic E-state index is 0.953. The zero-order valence-corrected chi connectivity index (χ0v) is 12.5. The third-order valence-corrected chi connectivity index (χ3v) is 4.86. The van der Waals surface area contributed by atoms with Crippen molar-refractivity contribution in [2.75, 3.05) is 6.54 Å². The van der Waals surface area contributed by atoms with Gasteiger partial charge in [0.05, 0.1) is 0 Å². The Morgan fingerprint density at radius 2 is 2.30 bits per heavy atom. The van der Waals surface area contributed by atoms with Crippen LogP contribution in [0.1, 0.15) is 17.0 Å². The largest absolute Gasteiger partial charge is 0.332 e. The van der Waals surface area contributed by atoms with Gasteiger partial charge in [0.25, 0.3) is 0 Å². The summed E-state index contributed by atoms with van der Waals surface area (Å²) in [6.45, 7) is 4.10. The highest BCUT2D eigenvalue weighted by atomic mass is 32.1. The van der Waals surface area contributed by atoms with Gasteiger partial charge in [0.15, 0.2) is 0 Å². The lowest BCUT2D eigenvalue weighted by Gasteiger charge is -2.15. The van der Waals surface area contributed by atoms with E-state index < -0.39 is 0 Å². The highest BCUT2D eigenvalue weighted by molar-refractivity contribution is 7.08. The monoisotopic (exact) mass is 283 g/mol. The van der Waals surface area contributed by atoms with E-state index in [4.69, 9.17) is 4.98 Å². The fraction of sp³-hybridized carbons (Fsp3) is 0.312. The van der Waals surface area contributed by atoms with Crippen molar-refractivity contribution in [1.29, 1.82) is 0 Å². The zero-order valence-electron chi connectivity index (χ0n) is 11.7. The molecule has 1 N–H and O–H groups in total. The van der Waals surface area contributed by atoms with Crippen LogP contribution in [-0.4, -0.2) is 16.1 Å². The third-order valence-electron chi connectivity index (χ3n) is 4.17. The predicted molar refractivity (Wildman–Crippen MR) is 84.2 cm³/mol. The summed E-state index contributed by atoms with van der Waals surface area (Å²) in [5.74, 6) is 0. The summed E-state index contributed by atoms with van der Waals surface area (Å²) >= 11 is 1.75. The number of fused-ring (bicyclic) bond motifs is 3. The lowest BCUT2D eigenvalue weighted by Crippen LogP contribution is -2.24. The summed E-state index contributed by atoms with van der Waals surface area (Å²) < 4.78 is 2.29. The van der Waals surface area contributed by atoms with Gasteiger partial charge in [0, 0.05) is 43.3 Å². The molecule has 4 heteroatoms. The maximum absolute atomic E-state index is 4.79. The highest BCUT2D eigenvalue weighted by Crippen LogP contribution is 2.36. The van der Waals surface area contributed by atoms with Crippen LogP contribution in [-0.2, 0) is 20.0 Å². The van der Waals surface area contributed by atoms with Crippen LogP contribution in [0.25, 0.3) is 22.2 Å². The van der Waals surface area contributed by atoms with Crippen LogP contribution in [0.4, 0.5) is 0 Å². The molecule has 0 saturated heterocycles. The van der Waals surface area contributed by atoms with Gasteiger partial charge in [-0.25, -0.2) is 4.98 Å². The Morgan fingerprint density at radius 1 is 1.40 bits per heavy atom. The van der Waals surface area contributed by atoms with E-state index in [2.05, 4.69) is 46.7 Å². The second-order valence-electron chi connectivity index (χ2n) is 5.43. The van der Waals surface area contributed by atoms with E-state index in [1.165, 1.54) is 27.8 Å². The smallest absolute Gasteiger partial charge is 0.141 e. The number of pyridine rings is 1. The molecule has 0 amide bonds. The Hall–Kier alpha value is -1.65. The van der Waals surface area contributed by atoms with Gasteiger partial charge >= 0.3 is 0 Å². The maximum Gasteiger partial charge on any atom is 0.141 e. The molecular formula is C16H17N3S. The number of rotatable bonds is 1. The molecule has 0 saturated carbocycles. The fourth-order valence-electron chi connectivity index (χ4n) is 3.25. The molecule has 0 atom stereocenters. The van der Waals surface area contributed by atoms with Gasteiger partial charge in [0.1, 0.15) is 5.65 Å². The van der Waals surface area contributed by atoms with Gasteiger partial charge in [-0.3, -0.25) is 0 Å². The van der Waals surface area contributed by atoms with Crippen molar-refractivity contribution in [3.8, 4) is 11.1 Å². The predicted octanol–water partition coefficient (Wildman–Crippen LogP) is 3.26. The molecule has 3 nitrogen and oxygen atoms in total. The first-order chi connectivity index (χ1) is 9.75. The van der Waals surface area contributed by atoms with Gasteiger partial charge in [-0.1, -0.05) is 0 Å². The molecule has 0 fully saturated rings. The first-order valence-corrected chi connectivity index (χ1v) is 7.91. The molecule has 0 spiro atoms. The lowest BCUT2D eigenvalue weighted by molar-refractivity contribution is 0.621. The number of aryl methyl sites for hydroxylation is 2. The Labute approximate surface area is 122 Å². The second kappa shape index (κ2) is 4.43. The van der Waals surface area contributed by atoms with Crippen LogP contribution in [0.15, 0.2) is 22.9 Å². The maximum atomic E-state index is 4.79. The van der Waals surface area contributed by atoms with Crippen molar-refractivity contribution in [3.63, 3.8) is 0 Å². The topological polar surface area (TPSA) is 29.9 Å². The van der Waals surface area contributed by atoms with Crippen LogP contribution >= 0.6 is 11.3 Å². The first kappa shape index (κ1) is 12.1. The second-order valence-corrected chi connectivity index (χ2v) is 6.21. The molecule has 20 heavy (non-hydrogen) atoms. The van der Waals surface area contributed by atoms with Crippen molar-refractivity contribution in [3.05, 3.63) is 39.8 Å². The Kier molecular flexibility index (Phi) is 2.69. The summed E-state index contributed by atoms with van der Waals surface area (Å²) in [7, 11) is 2.15. The first-order valence-electron chi connectivity index (χ1n) is 6.97. The molecule has 4 rings (SSSR count). The minimum Gasteiger partial charge on any atom is -0.332 e. The molecule has 0 aromatic carbocycles.